The van der Waals surface area contributed by atoms with Gasteiger partial charge in [0.2, 0.25) is 0 Å². The first-order chi connectivity index (χ1) is 15.8. The maximum atomic E-state index is 10.2. The number of fused-ring (bicyclic) bond motifs is 3. The van der Waals surface area contributed by atoms with Gasteiger partial charge in [-0.1, -0.05) is 54.6 Å². The number of hydrogen-bond acceptors (Lipinski definition) is 6. The molecular weight excluding hydrogens is 412 g/mol. The molecule has 1 saturated carbocycles. The fraction of sp³-hybridized carbons (Fsp3) is 0.231. The number of aryl methyl sites for hydroxylation is 1. The van der Waals surface area contributed by atoms with Gasteiger partial charge in [0.05, 0.1) is 28.9 Å². The van der Waals surface area contributed by atoms with E-state index in [2.05, 4.69) is 10.1 Å². The Morgan fingerprint density at radius 2 is 1.61 bits per heavy atom. The fourth-order valence-electron chi connectivity index (χ4n) is 5.01. The van der Waals surface area contributed by atoms with E-state index in [0.29, 0.717) is 24.0 Å². The van der Waals surface area contributed by atoms with Gasteiger partial charge in [-0.15, -0.1) is 0 Å². The van der Waals surface area contributed by atoms with Crippen molar-refractivity contribution < 1.29 is 5.11 Å². The van der Waals surface area contributed by atoms with Gasteiger partial charge in [-0.25, -0.2) is 15.0 Å². The molecule has 0 amide bonds. The highest BCUT2D eigenvalue weighted by molar-refractivity contribution is 5.85. The number of nitrogens with two attached hydrogens (primary N) is 1. The van der Waals surface area contributed by atoms with Crippen molar-refractivity contribution in [2.24, 2.45) is 5.73 Å². The number of aliphatic hydroxyl groups is 1. The summed E-state index contributed by atoms with van der Waals surface area (Å²) in [5.41, 5.74) is 12.8. The van der Waals surface area contributed by atoms with Crippen molar-refractivity contribution in [2.45, 2.75) is 37.8 Å². The lowest BCUT2D eigenvalue weighted by Crippen LogP contribution is -2.58. The minimum atomic E-state index is -0.695. The Morgan fingerprint density at radius 3 is 2.30 bits per heavy atom. The zero-order valence-electron chi connectivity index (χ0n) is 18.5. The average Bonchev–Trinajstić information content (AvgIpc) is 3.18. The summed E-state index contributed by atoms with van der Waals surface area (Å²) >= 11 is 0. The molecule has 1 aliphatic carbocycles. The summed E-state index contributed by atoms with van der Waals surface area (Å²) in [5.74, 6) is 0. The third kappa shape index (κ3) is 3.28. The molecule has 3 N–H and O–H groups in total. The molecule has 7 nitrogen and oxygen atoms in total. The summed E-state index contributed by atoms with van der Waals surface area (Å²) in [5, 5.41) is 14.8. The van der Waals surface area contributed by atoms with Crippen LogP contribution in [0, 0.1) is 6.92 Å². The van der Waals surface area contributed by atoms with E-state index in [1.165, 1.54) is 0 Å². The molecular formula is C26H24N6O. The third-order valence-corrected chi connectivity index (χ3v) is 6.41. The highest BCUT2D eigenvalue weighted by Gasteiger charge is 2.49. The molecule has 0 atom stereocenters. The minimum absolute atomic E-state index is 0.496. The maximum Gasteiger partial charge on any atom is 0.184 e. The molecule has 0 aliphatic heterocycles. The summed E-state index contributed by atoms with van der Waals surface area (Å²) in [6.45, 7) is 3.77. The van der Waals surface area contributed by atoms with Gasteiger partial charge in [0, 0.05) is 22.7 Å². The van der Waals surface area contributed by atoms with Crippen molar-refractivity contribution in [1.29, 1.82) is 0 Å². The van der Waals surface area contributed by atoms with E-state index in [0.717, 1.165) is 39.4 Å². The number of nitrogens with zero attached hydrogens (tertiary/aromatic N) is 5. The predicted octanol–water partition coefficient (Wildman–Crippen LogP) is 4.01. The number of benzene rings is 2. The van der Waals surface area contributed by atoms with Gasteiger partial charge < -0.3 is 10.8 Å². The van der Waals surface area contributed by atoms with Crippen LogP contribution in [0.15, 0.2) is 66.9 Å². The molecule has 6 rings (SSSR count). The van der Waals surface area contributed by atoms with Crippen LogP contribution < -0.4 is 5.73 Å². The molecule has 3 aromatic heterocycles. The molecule has 3 heterocycles. The van der Waals surface area contributed by atoms with Gasteiger partial charge in [-0.3, -0.25) is 0 Å². The molecule has 0 bridgehead atoms. The van der Waals surface area contributed by atoms with Gasteiger partial charge >= 0.3 is 0 Å². The van der Waals surface area contributed by atoms with Crippen molar-refractivity contribution in [3.63, 3.8) is 0 Å². The van der Waals surface area contributed by atoms with Crippen molar-refractivity contribution in [3.05, 3.63) is 78.1 Å². The molecule has 5 aromatic rings. The molecule has 0 radical (unpaired) electrons. The molecule has 0 unspecified atom stereocenters. The quantitative estimate of drug-likeness (QED) is 0.443. The van der Waals surface area contributed by atoms with Crippen molar-refractivity contribution in [2.75, 3.05) is 0 Å². The average molecular weight is 437 g/mol. The van der Waals surface area contributed by atoms with E-state index in [1.807, 2.05) is 74.5 Å². The summed E-state index contributed by atoms with van der Waals surface area (Å²) in [6.07, 6.45) is 2.85. The standard InChI is InChI=1S/C26H24N6O/c1-16-12-21-28-13-20-24(32(21)31-16)30-23(22(29-20)17-6-4-3-5-7-17)18-8-10-19(11-9-18)26(27)14-25(2,33)15-26/h3-13,33H,14-15,27H2,1-2H3/t25-,26-. The first kappa shape index (κ1) is 20.0. The van der Waals surface area contributed by atoms with Crippen LogP contribution in [0.1, 0.15) is 31.0 Å². The Hall–Kier alpha value is -3.68. The van der Waals surface area contributed by atoms with E-state index in [-0.39, 0.29) is 0 Å². The van der Waals surface area contributed by atoms with Crippen LogP contribution >= 0.6 is 0 Å². The number of rotatable bonds is 3. The SMILES string of the molecule is Cc1cc2ncc3nc(-c4ccccc4)c(-c4ccc([C@]5(N)C[C@](C)(O)C5)cc4)nc3n2n1. The zero-order valence-corrected chi connectivity index (χ0v) is 18.5. The zero-order chi connectivity index (χ0) is 22.8. The molecule has 1 fully saturated rings. The van der Waals surface area contributed by atoms with Crippen LogP contribution in [0.2, 0.25) is 0 Å². The van der Waals surface area contributed by atoms with Gasteiger partial charge in [0.25, 0.3) is 0 Å². The lowest BCUT2D eigenvalue weighted by molar-refractivity contribution is -0.0738. The van der Waals surface area contributed by atoms with E-state index in [1.54, 1.807) is 10.7 Å². The Kier molecular flexibility index (Phi) is 4.18. The largest absolute Gasteiger partial charge is 0.390 e. The van der Waals surface area contributed by atoms with Crippen LogP contribution in [0.3, 0.4) is 0 Å². The van der Waals surface area contributed by atoms with Gasteiger partial charge in [-0.2, -0.15) is 9.61 Å². The number of hydrogen-bond donors (Lipinski definition) is 2. The summed E-state index contributed by atoms with van der Waals surface area (Å²) < 4.78 is 1.75. The normalized spacial score (nSPS) is 22.5. The minimum Gasteiger partial charge on any atom is -0.390 e. The molecule has 0 spiro atoms. The van der Waals surface area contributed by atoms with E-state index >= 15 is 0 Å². The summed E-state index contributed by atoms with van der Waals surface area (Å²) in [4.78, 5) is 14.5. The lowest BCUT2D eigenvalue weighted by atomic mass is 9.63. The van der Waals surface area contributed by atoms with Gasteiger partial charge in [0.1, 0.15) is 5.52 Å². The second-order valence-corrected chi connectivity index (χ2v) is 9.39. The Bertz CT molecular complexity index is 1500. The highest BCUT2D eigenvalue weighted by Crippen LogP contribution is 2.46. The van der Waals surface area contributed by atoms with Crippen LogP contribution in [0.4, 0.5) is 0 Å². The van der Waals surface area contributed by atoms with Crippen LogP contribution in [-0.2, 0) is 5.54 Å². The second kappa shape index (κ2) is 6.91. The van der Waals surface area contributed by atoms with E-state index in [9.17, 15) is 5.11 Å². The van der Waals surface area contributed by atoms with Crippen LogP contribution in [0.5, 0.6) is 0 Å². The molecule has 2 aromatic carbocycles. The van der Waals surface area contributed by atoms with Crippen LogP contribution in [-0.4, -0.2) is 35.3 Å². The van der Waals surface area contributed by atoms with Crippen LogP contribution in [0.25, 0.3) is 39.3 Å². The Balaban J connectivity index is 1.53. The maximum absolute atomic E-state index is 10.2. The smallest absolute Gasteiger partial charge is 0.184 e. The predicted molar refractivity (Wildman–Crippen MR) is 127 cm³/mol. The molecule has 0 saturated heterocycles. The van der Waals surface area contributed by atoms with E-state index in [4.69, 9.17) is 15.7 Å². The number of aromatic nitrogens is 5. The fourth-order valence-corrected chi connectivity index (χ4v) is 5.01. The monoisotopic (exact) mass is 436 g/mol. The van der Waals surface area contributed by atoms with Gasteiger partial charge in [0.15, 0.2) is 11.3 Å². The first-order valence-electron chi connectivity index (χ1n) is 11.0. The van der Waals surface area contributed by atoms with Crippen molar-refractivity contribution in [3.8, 4) is 22.5 Å². The summed E-state index contributed by atoms with van der Waals surface area (Å²) in [7, 11) is 0. The van der Waals surface area contributed by atoms with Gasteiger partial charge in [-0.05, 0) is 32.3 Å². The summed E-state index contributed by atoms with van der Waals surface area (Å²) in [6, 6.07) is 20.1. The highest BCUT2D eigenvalue weighted by atomic mass is 16.3. The Labute approximate surface area is 191 Å². The third-order valence-electron chi connectivity index (χ3n) is 6.41. The second-order valence-electron chi connectivity index (χ2n) is 9.39. The van der Waals surface area contributed by atoms with Crippen molar-refractivity contribution in [1.82, 2.24) is 24.6 Å². The molecule has 7 heteroatoms. The topological polar surface area (TPSA) is 102 Å². The molecule has 33 heavy (non-hydrogen) atoms. The molecule has 164 valence electrons. The van der Waals surface area contributed by atoms with E-state index < -0.39 is 11.1 Å². The first-order valence-corrected chi connectivity index (χ1v) is 11.0. The lowest BCUT2D eigenvalue weighted by Gasteiger charge is -2.49. The Morgan fingerprint density at radius 1 is 0.939 bits per heavy atom. The molecule has 1 aliphatic rings. The van der Waals surface area contributed by atoms with Crippen molar-refractivity contribution >= 4 is 16.8 Å².